The molecule has 0 atom stereocenters. The van der Waals surface area contributed by atoms with Gasteiger partial charge in [-0.05, 0) is 41.0 Å². The Balaban J connectivity index is 1.40. The number of hydrogen-bond donors (Lipinski definition) is 0. The van der Waals surface area contributed by atoms with Crippen molar-refractivity contribution < 1.29 is 4.42 Å². The van der Waals surface area contributed by atoms with E-state index < -0.39 is 0 Å². The molecule has 3 heterocycles. The highest BCUT2D eigenvalue weighted by atomic mass is 16.3. The van der Waals surface area contributed by atoms with Crippen molar-refractivity contribution in [3.05, 3.63) is 127 Å². The molecule has 3 aromatic heterocycles. The van der Waals surface area contributed by atoms with E-state index in [4.69, 9.17) is 14.4 Å². The normalized spacial score (nSPS) is 13.4. The molecular formula is C36H25N3O. The molecule has 0 spiro atoms. The number of rotatable bonds is 3. The van der Waals surface area contributed by atoms with E-state index in [1.165, 1.54) is 5.56 Å². The molecule has 7 aromatic rings. The van der Waals surface area contributed by atoms with Gasteiger partial charge in [-0.2, -0.15) is 0 Å². The number of nitrogens with zero attached hydrogens (tertiary/aromatic N) is 3. The van der Waals surface area contributed by atoms with Crippen LogP contribution in [0.15, 0.2) is 120 Å². The minimum Gasteiger partial charge on any atom is -0.455 e. The zero-order valence-corrected chi connectivity index (χ0v) is 22.2. The van der Waals surface area contributed by atoms with Gasteiger partial charge in [0.1, 0.15) is 11.2 Å². The molecule has 4 heteroatoms. The Morgan fingerprint density at radius 2 is 1.20 bits per heavy atom. The topological polar surface area (TPSA) is 51.8 Å². The fourth-order valence-corrected chi connectivity index (χ4v) is 6.23. The summed E-state index contributed by atoms with van der Waals surface area (Å²) in [4.78, 5) is 14.7. The van der Waals surface area contributed by atoms with Gasteiger partial charge in [0.05, 0.1) is 11.4 Å². The van der Waals surface area contributed by atoms with Crippen LogP contribution in [0.1, 0.15) is 25.0 Å². The maximum atomic E-state index is 6.49. The van der Waals surface area contributed by atoms with E-state index in [-0.39, 0.29) is 5.41 Å². The van der Waals surface area contributed by atoms with Crippen molar-refractivity contribution in [1.82, 2.24) is 15.0 Å². The van der Waals surface area contributed by atoms with E-state index >= 15 is 0 Å². The molecule has 0 N–H and O–H groups in total. The van der Waals surface area contributed by atoms with Crippen LogP contribution in [0.3, 0.4) is 0 Å². The fourth-order valence-electron chi connectivity index (χ4n) is 6.23. The summed E-state index contributed by atoms with van der Waals surface area (Å²) in [6.07, 6.45) is 3.63. The van der Waals surface area contributed by atoms with Gasteiger partial charge in [0, 0.05) is 50.8 Å². The van der Waals surface area contributed by atoms with E-state index in [9.17, 15) is 0 Å². The van der Waals surface area contributed by atoms with Crippen molar-refractivity contribution in [2.75, 3.05) is 0 Å². The summed E-state index contributed by atoms with van der Waals surface area (Å²) in [7, 11) is 0. The molecule has 0 aliphatic heterocycles. The van der Waals surface area contributed by atoms with E-state index in [1.807, 2.05) is 36.7 Å². The van der Waals surface area contributed by atoms with Crippen molar-refractivity contribution in [3.63, 3.8) is 0 Å². The molecule has 0 fully saturated rings. The highest BCUT2D eigenvalue weighted by Crippen LogP contribution is 2.52. The van der Waals surface area contributed by atoms with Crippen LogP contribution in [0, 0.1) is 0 Å². The summed E-state index contributed by atoms with van der Waals surface area (Å²) in [5.41, 5.74) is 11.2. The number of fused-ring (bicyclic) bond motifs is 6. The first-order valence-electron chi connectivity index (χ1n) is 13.5. The van der Waals surface area contributed by atoms with Crippen LogP contribution in [0.5, 0.6) is 0 Å². The lowest BCUT2D eigenvalue weighted by molar-refractivity contribution is 0.655. The lowest BCUT2D eigenvalue weighted by atomic mass is 9.80. The Hall–Kier alpha value is -5.09. The third-order valence-corrected chi connectivity index (χ3v) is 8.21. The third-order valence-electron chi connectivity index (χ3n) is 8.21. The Morgan fingerprint density at radius 1 is 0.575 bits per heavy atom. The van der Waals surface area contributed by atoms with Crippen molar-refractivity contribution >= 4 is 21.9 Å². The highest BCUT2D eigenvalue weighted by Gasteiger charge is 2.40. The van der Waals surface area contributed by atoms with E-state index in [0.29, 0.717) is 5.82 Å². The van der Waals surface area contributed by atoms with Gasteiger partial charge < -0.3 is 4.42 Å². The predicted molar refractivity (Wildman–Crippen MR) is 161 cm³/mol. The van der Waals surface area contributed by atoms with Gasteiger partial charge in [-0.25, -0.2) is 9.97 Å². The van der Waals surface area contributed by atoms with Gasteiger partial charge in [-0.15, -0.1) is 0 Å². The predicted octanol–water partition coefficient (Wildman–Crippen LogP) is 9.08. The van der Waals surface area contributed by atoms with Crippen molar-refractivity contribution in [3.8, 4) is 45.0 Å². The number of benzene rings is 4. The third kappa shape index (κ3) is 3.29. The maximum Gasteiger partial charge on any atom is 0.160 e. The second-order valence-corrected chi connectivity index (χ2v) is 10.9. The Morgan fingerprint density at radius 3 is 2.02 bits per heavy atom. The standard InChI is InChI=1S/C36H25N3O/c1-36(2)29-12-5-3-9-27(29)32-31(36)33(28-11-7-10-26-25-8-4-6-13-30(25)40-34(26)28)39-35(38-32)24-16-14-22(15-17-24)23-18-20-37-21-19-23/h3-21H,1-2H3. The zero-order valence-electron chi connectivity index (χ0n) is 22.2. The maximum absolute atomic E-state index is 6.49. The van der Waals surface area contributed by atoms with Crippen LogP contribution in [0.25, 0.3) is 67.0 Å². The van der Waals surface area contributed by atoms with Crippen molar-refractivity contribution in [1.29, 1.82) is 0 Å². The van der Waals surface area contributed by atoms with Gasteiger partial charge in [0.2, 0.25) is 0 Å². The minimum absolute atomic E-state index is 0.265. The van der Waals surface area contributed by atoms with Crippen molar-refractivity contribution in [2.45, 2.75) is 19.3 Å². The zero-order chi connectivity index (χ0) is 26.8. The molecule has 0 unspecified atom stereocenters. The summed E-state index contributed by atoms with van der Waals surface area (Å²) in [5.74, 6) is 0.704. The molecule has 40 heavy (non-hydrogen) atoms. The SMILES string of the molecule is CC1(C)c2ccccc2-c2nc(-c3ccc(-c4ccncc4)cc3)nc(-c3cccc4c3oc3ccccc34)c21. The molecule has 0 saturated heterocycles. The van der Waals surface area contributed by atoms with Crippen LogP contribution in [-0.2, 0) is 5.41 Å². The molecule has 8 rings (SSSR count). The second kappa shape index (κ2) is 8.45. The molecule has 1 aliphatic rings. The Labute approximate surface area is 232 Å². The minimum atomic E-state index is -0.265. The van der Waals surface area contributed by atoms with Crippen molar-refractivity contribution in [2.24, 2.45) is 0 Å². The summed E-state index contributed by atoms with van der Waals surface area (Å²) >= 11 is 0. The molecule has 0 saturated carbocycles. The quantitative estimate of drug-likeness (QED) is 0.235. The smallest absolute Gasteiger partial charge is 0.160 e. The first kappa shape index (κ1) is 22.9. The first-order valence-corrected chi connectivity index (χ1v) is 13.5. The fraction of sp³-hybridized carbons (Fsp3) is 0.0833. The Kier molecular flexibility index (Phi) is 4.83. The molecule has 1 aliphatic carbocycles. The van der Waals surface area contributed by atoms with E-state index in [0.717, 1.165) is 66.7 Å². The summed E-state index contributed by atoms with van der Waals surface area (Å²) in [6.45, 7) is 4.54. The molecule has 4 aromatic carbocycles. The average molecular weight is 516 g/mol. The summed E-state index contributed by atoms with van der Waals surface area (Å²) < 4.78 is 6.49. The molecular weight excluding hydrogens is 490 g/mol. The number of para-hydroxylation sites is 2. The number of furan rings is 1. The monoisotopic (exact) mass is 515 g/mol. The second-order valence-electron chi connectivity index (χ2n) is 10.9. The molecule has 4 nitrogen and oxygen atoms in total. The van der Waals surface area contributed by atoms with Gasteiger partial charge in [-0.1, -0.05) is 92.7 Å². The highest BCUT2D eigenvalue weighted by molar-refractivity contribution is 6.10. The molecule has 190 valence electrons. The average Bonchev–Trinajstić information content (AvgIpc) is 3.50. The molecule has 0 radical (unpaired) electrons. The van der Waals surface area contributed by atoms with Crippen LogP contribution >= 0.6 is 0 Å². The lowest BCUT2D eigenvalue weighted by Gasteiger charge is -2.23. The number of hydrogen-bond acceptors (Lipinski definition) is 4. The Bertz CT molecular complexity index is 2070. The summed E-state index contributed by atoms with van der Waals surface area (Å²) in [6, 6.07) is 35.7. The van der Waals surface area contributed by atoms with E-state index in [1.54, 1.807) is 0 Å². The van der Waals surface area contributed by atoms with Gasteiger partial charge >= 0.3 is 0 Å². The number of aromatic nitrogens is 3. The van der Waals surface area contributed by atoms with Gasteiger partial charge in [-0.3, -0.25) is 4.98 Å². The summed E-state index contributed by atoms with van der Waals surface area (Å²) in [5, 5.41) is 2.21. The largest absolute Gasteiger partial charge is 0.455 e. The van der Waals surface area contributed by atoms with E-state index in [2.05, 4.69) is 97.7 Å². The van der Waals surface area contributed by atoms with Crippen LogP contribution in [0.4, 0.5) is 0 Å². The van der Waals surface area contributed by atoms with Crippen LogP contribution in [0.2, 0.25) is 0 Å². The number of pyridine rings is 1. The van der Waals surface area contributed by atoms with Gasteiger partial charge in [0.15, 0.2) is 5.82 Å². The molecule has 0 bridgehead atoms. The first-order chi connectivity index (χ1) is 19.6. The van der Waals surface area contributed by atoms with Gasteiger partial charge in [0.25, 0.3) is 0 Å². The van der Waals surface area contributed by atoms with Crippen LogP contribution in [-0.4, -0.2) is 15.0 Å². The molecule has 0 amide bonds. The van der Waals surface area contributed by atoms with Crippen LogP contribution < -0.4 is 0 Å². The lowest BCUT2D eigenvalue weighted by Crippen LogP contribution is -2.17.